The molecule has 0 aromatic carbocycles. The molecule has 0 spiro atoms. The summed E-state index contributed by atoms with van der Waals surface area (Å²) >= 11 is 0. The fourth-order valence-corrected chi connectivity index (χ4v) is 2.21. The van der Waals surface area contributed by atoms with Crippen molar-refractivity contribution in [3.63, 3.8) is 0 Å². The van der Waals surface area contributed by atoms with Gasteiger partial charge in [0.05, 0.1) is 18.0 Å². The summed E-state index contributed by atoms with van der Waals surface area (Å²) in [7, 11) is 0. The molecule has 1 unspecified atom stereocenters. The van der Waals surface area contributed by atoms with Gasteiger partial charge in [-0.3, -0.25) is 0 Å². The summed E-state index contributed by atoms with van der Waals surface area (Å²) in [6.45, 7) is 2.98. The van der Waals surface area contributed by atoms with Crippen LogP contribution in [0.15, 0.2) is 53.4 Å². The van der Waals surface area contributed by atoms with Crippen LogP contribution in [0, 0.1) is 0 Å². The molecule has 0 bridgehead atoms. The number of nitrogens with zero attached hydrogens (tertiary/aromatic N) is 2. The van der Waals surface area contributed by atoms with Gasteiger partial charge in [0, 0.05) is 30.8 Å². The minimum absolute atomic E-state index is 0.366. The third-order valence-corrected chi connectivity index (χ3v) is 3.23. The summed E-state index contributed by atoms with van der Waals surface area (Å²) in [6, 6.07) is 10.4. The molecule has 0 saturated heterocycles. The first kappa shape index (κ1) is 12.0. The Balaban J connectivity index is 1.62. The van der Waals surface area contributed by atoms with E-state index in [1.54, 1.807) is 6.26 Å². The average Bonchev–Trinajstić information content (AvgIpc) is 3.05. The fraction of sp³-hybridized carbons (Fsp3) is 0.267. The molecule has 19 heavy (non-hydrogen) atoms. The normalized spacial score (nSPS) is 12.9. The number of fused-ring (bicyclic) bond motifs is 1. The van der Waals surface area contributed by atoms with E-state index in [1.165, 1.54) is 5.56 Å². The van der Waals surface area contributed by atoms with E-state index >= 15 is 0 Å². The molecular weight excluding hydrogens is 238 g/mol. The summed E-state index contributed by atoms with van der Waals surface area (Å²) < 4.78 is 7.25. The van der Waals surface area contributed by atoms with Gasteiger partial charge in [-0.05, 0) is 31.2 Å². The molecule has 3 heterocycles. The zero-order chi connectivity index (χ0) is 13.1. The third kappa shape index (κ3) is 2.69. The van der Waals surface area contributed by atoms with Crippen LogP contribution in [0.3, 0.4) is 0 Å². The predicted octanol–water partition coefficient (Wildman–Crippen LogP) is 2.65. The Hall–Kier alpha value is -2.07. The summed E-state index contributed by atoms with van der Waals surface area (Å²) in [6.07, 6.45) is 6.49. The molecule has 4 heteroatoms. The average molecular weight is 255 g/mol. The zero-order valence-electron chi connectivity index (χ0n) is 10.9. The highest BCUT2D eigenvalue weighted by Gasteiger charge is 2.07. The molecule has 3 rings (SSSR count). The molecule has 1 atom stereocenters. The predicted molar refractivity (Wildman–Crippen MR) is 73.9 cm³/mol. The van der Waals surface area contributed by atoms with Crippen molar-refractivity contribution in [3.8, 4) is 0 Å². The first-order valence-corrected chi connectivity index (χ1v) is 6.50. The lowest BCUT2D eigenvalue weighted by atomic mass is 10.2. The van der Waals surface area contributed by atoms with Crippen molar-refractivity contribution < 1.29 is 4.42 Å². The van der Waals surface area contributed by atoms with Crippen LogP contribution in [-0.2, 0) is 13.0 Å². The van der Waals surface area contributed by atoms with Crippen LogP contribution in [-0.4, -0.2) is 15.7 Å². The smallest absolute Gasteiger partial charge is 0.105 e. The number of aromatic nitrogens is 2. The van der Waals surface area contributed by atoms with Gasteiger partial charge in [0.2, 0.25) is 0 Å². The molecule has 3 aromatic rings. The number of hydrogen-bond acceptors (Lipinski definition) is 3. The Morgan fingerprint density at radius 2 is 2.26 bits per heavy atom. The highest BCUT2D eigenvalue weighted by Crippen LogP contribution is 2.10. The molecule has 0 radical (unpaired) electrons. The summed E-state index contributed by atoms with van der Waals surface area (Å²) in [4.78, 5) is 0. The van der Waals surface area contributed by atoms with Gasteiger partial charge in [0.25, 0.3) is 0 Å². The molecule has 0 saturated carbocycles. The molecule has 0 amide bonds. The van der Waals surface area contributed by atoms with Crippen molar-refractivity contribution in [2.75, 3.05) is 0 Å². The highest BCUT2D eigenvalue weighted by atomic mass is 16.3. The Bertz CT molecular complexity index is 642. The van der Waals surface area contributed by atoms with E-state index in [-0.39, 0.29) is 0 Å². The van der Waals surface area contributed by atoms with E-state index in [0.717, 1.165) is 24.2 Å². The van der Waals surface area contributed by atoms with Gasteiger partial charge in [0.1, 0.15) is 5.76 Å². The number of hydrogen-bond donors (Lipinski definition) is 1. The van der Waals surface area contributed by atoms with Crippen molar-refractivity contribution in [3.05, 3.63) is 60.3 Å². The van der Waals surface area contributed by atoms with Gasteiger partial charge in [-0.1, -0.05) is 6.07 Å². The topological polar surface area (TPSA) is 42.5 Å². The maximum atomic E-state index is 5.35. The Morgan fingerprint density at radius 1 is 1.32 bits per heavy atom. The van der Waals surface area contributed by atoms with Crippen molar-refractivity contribution in [2.24, 2.45) is 0 Å². The van der Waals surface area contributed by atoms with E-state index in [4.69, 9.17) is 4.42 Å². The number of nitrogens with one attached hydrogen (secondary N) is 1. The largest absolute Gasteiger partial charge is 0.469 e. The molecular formula is C15H17N3O. The Kier molecular flexibility index (Phi) is 3.33. The Morgan fingerprint density at radius 3 is 3.11 bits per heavy atom. The van der Waals surface area contributed by atoms with Crippen molar-refractivity contribution >= 4 is 5.52 Å². The van der Waals surface area contributed by atoms with Crippen LogP contribution in [0.4, 0.5) is 0 Å². The van der Waals surface area contributed by atoms with Gasteiger partial charge in [-0.25, -0.2) is 4.52 Å². The zero-order valence-corrected chi connectivity index (χ0v) is 10.9. The van der Waals surface area contributed by atoms with E-state index in [9.17, 15) is 0 Å². The number of pyridine rings is 1. The summed E-state index contributed by atoms with van der Waals surface area (Å²) in [5, 5.41) is 7.83. The maximum absolute atomic E-state index is 5.35. The number of rotatable bonds is 5. The SMILES string of the molecule is CC(Cc1ccco1)NCc1cnn2ccccc12. The van der Waals surface area contributed by atoms with Crippen LogP contribution < -0.4 is 5.32 Å². The van der Waals surface area contributed by atoms with Crippen molar-refractivity contribution in [1.29, 1.82) is 0 Å². The summed E-state index contributed by atoms with van der Waals surface area (Å²) in [5.74, 6) is 1.01. The van der Waals surface area contributed by atoms with Crippen LogP contribution in [0.5, 0.6) is 0 Å². The van der Waals surface area contributed by atoms with Crippen molar-refractivity contribution in [1.82, 2.24) is 14.9 Å². The minimum atomic E-state index is 0.366. The molecule has 0 aliphatic heterocycles. The number of furan rings is 1. The molecule has 0 aliphatic rings. The standard InChI is InChI=1S/C15H17N3O/c1-12(9-14-5-4-8-19-14)16-10-13-11-17-18-7-3-2-6-15(13)18/h2-8,11-12,16H,9-10H2,1H3. The van der Waals surface area contributed by atoms with E-state index in [1.807, 2.05) is 41.2 Å². The van der Waals surface area contributed by atoms with Crippen LogP contribution >= 0.6 is 0 Å². The van der Waals surface area contributed by atoms with Gasteiger partial charge in [-0.2, -0.15) is 5.10 Å². The molecule has 98 valence electrons. The quantitative estimate of drug-likeness (QED) is 0.762. The van der Waals surface area contributed by atoms with Crippen molar-refractivity contribution in [2.45, 2.75) is 25.9 Å². The minimum Gasteiger partial charge on any atom is -0.469 e. The first-order valence-electron chi connectivity index (χ1n) is 6.50. The van der Waals surface area contributed by atoms with Crippen LogP contribution in [0.1, 0.15) is 18.2 Å². The maximum Gasteiger partial charge on any atom is 0.105 e. The monoisotopic (exact) mass is 255 g/mol. The van der Waals surface area contributed by atoms with Crippen LogP contribution in [0.2, 0.25) is 0 Å². The van der Waals surface area contributed by atoms with Gasteiger partial charge < -0.3 is 9.73 Å². The van der Waals surface area contributed by atoms with E-state index < -0.39 is 0 Å². The molecule has 0 aliphatic carbocycles. The molecule has 0 fully saturated rings. The van der Waals surface area contributed by atoms with Gasteiger partial charge in [-0.15, -0.1) is 0 Å². The molecule has 4 nitrogen and oxygen atoms in total. The van der Waals surface area contributed by atoms with Crippen LogP contribution in [0.25, 0.3) is 5.52 Å². The van der Waals surface area contributed by atoms with E-state index in [0.29, 0.717) is 6.04 Å². The fourth-order valence-electron chi connectivity index (χ4n) is 2.21. The first-order chi connectivity index (χ1) is 9.33. The third-order valence-electron chi connectivity index (χ3n) is 3.23. The second kappa shape index (κ2) is 5.28. The molecule has 3 aromatic heterocycles. The summed E-state index contributed by atoms with van der Waals surface area (Å²) in [5.41, 5.74) is 2.37. The lowest BCUT2D eigenvalue weighted by Gasteiger charge is -2.11. The second-order valence-electron chi connectivity index (χ2n) is 4.77. The molecule has 1 N–H and O–H groups in total. The highest BCUT2D eigenvalue weighted by molar-refractivity contribution is 5.53. The van der Waals surface area contributed by atoms with Gasteiger partial charge >= 0.3 is 0 Å². The second-order valence-corrected chi connectivity index (χ2v) is 4.77. The lowest BCUT2D eigenvalue weighted by molar-refractivity contribution is 0.457. The Labute approximate surface area is 112 Å². The lowest BCUT2D eigenvalue weighted by Crippen LogP contribution is -2.27. The van der Waals surface area contributed by atoms with E-state index in [2.05, 4.69) is 23.4 Å². The van der Waals surface area contributed by atoms with Gasteiger partial charge in [0.15, 0.2) is 0 Å².